The van der Waals surface area contributed by atoms with Crippen LogP contribution in [0.15, 0.2) is 29.6 Å². The van der Waals surface area contributed by atoms with E-state index in [2.05, 4.69) is 0 Å². The van der Waals surface area contributed by atoms with Crippen molar-refractivity contribution in [1.82, 2.24) is 0 Å². The van der Waals surface area contributed by atoms with Crippen LogP contribution in [-0.4, -0.2) is 4.92 Å². The van der Waals surface area contributed by atoms with E-state index in [1.165, 1.54) is 31.2 Å². The average Bonchev–Trinajstić information content (AvgIpc) is 2.16. The van der Waals surface area contributed by atoms with Crippen LogP contribution in [0, 0.1) is 10.1 Å². The van der Waals surface area contributed by atoms with E-state index in [0.29, 0.717) is 5.56 Å². The lowest BCUT2D eigenvalue weighted by atomic mass is 10.1. The van der Waals surface area contributed by atoms with E-state index in [4.69, 9.17) is 11.6 Å². The molecule has 1 rings (SSSR count). The summed E-state index contributed by atoms with van der Waals surface area (Å²) in [6.07, 6.45) is 0. The van der Waals surface area contributed by atoms with E-state index in [0.717, 1.165) is 0 Å². The van der Waals surface area contributed by atoms with Crippen LogP contribution in [0.25, 0.3) is 5.57 Å². The van der Waals surface area contributed by atoms with Gasteiger partial charge in [0.1, 0.15) is 0 Å². The molecule has 0 radical (unpaired) electrons. The maximum absolute atomic E-state index is 12.6. The van der Waals surface area contributed by atoms with Gasteiger partial charge in [0.25, 0.3) is 5.69 Å². The van der Waals surface area contributed by atoms with Gasteiger partial charge in [-0.25, -0.2) is 0 Å². The molecule has 0 amide bonds. The molecule has 0 spiro atoms. The summed E-state index contributed by atoms with van der Waals surface area (Å²) < 4.78 is 12.6. The van der Waals surface area contributed by atoms with E-state index < -0.39 is 10.2 Å². The highest BCUT2D eigenvalue weighted by Gasteiger charge is 2.06. The molecular formula is C9H7ClFNO2. The normalized spacial score (nSPS) is 12.2. The number of benzene rings is 1. The van der Waals surface area contributed by atoms with Crippen LogP contribution in [0.2, 0.25) is 0 Å². The standard InChI is InChI=1S/C9H7ClFNO2/c1-6(9(10)11)7-2-4-8(5-3-7)12(13)14/h2-5H,1H3/b9-6-. The van der Waals surface area contributed by atoms with Crippen LogP contribution in [0.3, 0.4) is 0 Å². The fraction of sp³-hybridized carbons (Fsp3) is 0.111. The molecule has 5 heteroatoms. The number of hydrogen-bond acceptors (Lipinski definition) is 2. The van der Waals surface area contributed by atoms with Crippen LogP contribution in [0.4, 0.5) is 10.1 Å². The number of nitro benzene ring substituents is 1. The van der Waals surface area contributed by atoms with Gasteiger partial charge < -0.3 is 0 Å². The highest BCUT2D eigenvalue weighted by atomic mass is 35.5. The molecule has 0 fully saturated rings. The van der Waals surface area contributed by atoms with Gasteiger partial charge in [-0.15, -0.1) is 0 Å². The van der Waals surface area contributed by atoms with Gasteiger partial charge >= 0.3 is 0 Å². The molecule has 0 aliphatic carbocycles. The topological polar surface area (TPSA) is 43.1 Å². The van der Waals surface area contributed by atoms with Crippen molar-refractivity contribution in [2.24, 2.45) is 0 Å². The number of hydrogen-bond donors (Lipinski definition) is 0. The summed E-state index contributed by atoms with van der Waals surface area (Å²) in [6, 6.07) is 5.52. The van der Waals surface area contributed by atoms with Crippen LogP contribution in [-0.2, 0) is 0 Å². The van der Waals surface area contributed by atoms with Gasteiger partial charge in [-0.05, 0) is 24.6 Å². The lowest BCUT2D eigenvalue weighted by Crippen LogP contribution is -1.88. The predicted octanol–water partition coefficient (Wildman–Crippen LogP) is 3.49. The quantitative estimate of drug-likeness (QED) is 0.560. The lowest BCUT2D eigenvalue weighted by molar-refractivity contribution is -0.384. The number of halogens is 2. The molecule has 0 aliphatic heterocycles. The molecule has 0 heterocycles. The number of allylic oxidation sites excluding steroid dienone is 1. The molecule has 1 aromatic rings. The summed E-state index contributed by atoms with van der Waals surface area (Å²) in [5.41, 5.74) is 0.765. The maximum atomic E-state index is 12.6. The zero-order valence-electron chi connectivity index (χ0n) is 7.33. The first-order valence-electron chi connectivity index (χ1n) is 3.79. The lowest BCUT2D eigenvalue weighted by Gasteiger charge is -1.99. The molecular weight excluding hydrogens is 209 g/mol. The van der Waals surface area contributed by atoms with Gasteiger partial charge in [0, 0.05) is 17.7 Å². The van der Waals surface area contributed by atoms with Crippen molar-refractivity contribution >= 4 is 22.9 Å². The van der Waals surface area contributed by atoms with E-state index >= 15 is 0 Å². The van der Waals surface area contributed by atoms with Crippen molar-refractivity contribution in [3.63, 3.8) is 0 Å². The smallest absolute Gasteiger partial charge is 0.258 e. The van der Waals surface area contributed by atoms with Crippen molar-refractivity contribution in [3.05, 3.63) is 45.2 Å². The van der Waals surface area contributed by atoms with Gasteiger partial charge in [-0.2, -0.15) is 4.39 Å². The predicted molar refractivity (Wildman–Crippen MR) is 52.7 cm³/mol. The van der Waals surface area contributed by atoms with Gasteiger partial charge in [-0.3, -0.25) is 10.1 Å². The van der Waals surface area contributed by atoms with Crippen molar-refractivity contribution < 1.29 is 9.31 Å². The van der Waals surface area contributed by atoms with E-state index in [-0.39, 0.29) is 11.3 Å². The SMILES string of the molecule is C/C(=C(/F)Cl)c1ccc([N+](=O)[O-])cc1. The average molecular weight is 216 g/mol. The van der Waals surface area contributed by atoms with Crippen molar-refractivity contribution in [3.8, 4) is 0 Å². The van der Waals surface area contributed by atoms with Gasteiger partial charge in [0.05, 0.1) is 4.92 Å². The molecule has 74 valence electrons. The first-order valence-corrected chi connectivity index (χ1v) is 4.17. The minimum absolute atomic E-state index is 0.0310. The molecule has 0 aromatic heterocycles. The summed E-state index contributed by atoms with van der Waals surface area (Å²) in [5.74, 6) is 0. The summed E-state index contributed by atoms with van der Waals surface area (Å²) in [7, 11) is 0. The molecule has 1 aromatic carbocycles. The Hall–Kier alpha value is -1.42. The zero-order valence-corrected chi connectivity index (χ0v) is 8.08. The first kappa shape index (κ1) is 10.7. The first-order chi connectivity index (χ1) is 6.52. The molecule has 0 saturated heterocycles. The third-order valence-electron chi connectivity index (χ3n) is 1.79. The highest BCUT2D eigenvalue weighted by molar-refractivity contribution is 6.31. The number of nitrogens with zero attached hydrogens (tertiary/aromatic N) is 1. The van der Waals surface area contributed by atoms with Crippen molar-refractivity contribution in [1.29, 1.82) is 0 Å². The number of nitro groups is 1. The Bertz CT molecular complexity index is 382. The fourth-order valence-electron chi connectivity index (χ4n) is 0.942. The summed E-state index contributed by atoms with van der Waals surface area (Å²) >= 11 is 5.14. The number of non-ortho nitro benzene ring substituents is 1. The van der Waals surface area contributed by atoms with E-state index in [9.17, 15) is 14.5 Å². The molecule has 0 unspecified atom stereocenters. The van der Waals surface area contributed by atoms with Crippen LogP contribution in [0.1, 0.15) is 12.5 Å². The molecule has 0 saturated carbocycles. The van der Waals surface area contributed by atoms with Crippen LogP contribution < -0.4 is 0 Å². The summed E-state index contributed by atoms with van der Waals surface area (Å²) in [5, 5.41) is 9.50. The third-order valence-corrected chi connectivity index (χ3v) is 2.08. The van der Waals surface area contributed by atoms with E-state index in [1.54, 1.807) is 0 Å². The molecule has 0 bridgehead atoms. The molecule has 14 heavy (non-hydrogen) atoms. The second-order valence-electron chi connectivity index (χ2n) is 2.69. The van der Waals surface area contributed by atoms with Crippen LogP contribution in [0.5, 0.6) is 0 Å². The van der Waals surface area contributed by atoms with Crippen molar-refractivity contribution in [2.45, 2.75) is 6.92 Å². The second-order valence-corrected chi connectivity index (χ2v) is 3.02. The Morgan fingerprint density at radius 1 is 1.43 bits per heavy atom. The third kappa shape index (κ3) is 2.29. The Balaban J connectivity index is 3.06. The zero-order chi connectivity index (χ0) is 10.7. The molecule has 3 nitrogen and oxygen atoms in total. The van der Waals surface area contributed by atoms with Gasteiger partial charge in [0.2, 0.25) is 0 Å². The Kier molecular flexibility index (Phi) is 3.19. The number of rotatable bonds is 2. The van der Waals surface area contributed by atoms with Gasteiger partial charge in [0.15, 0.2) is 5.29 Å². The highest BCUT2D eigenvalue weighted by Crippen LogP contribution is 2.23. The molecule has 0 atom stereocenters. The summed E-state index contributed by atoms with van der Waals surface area (Å²) in [4.78, 5) is 9.80. The minimum atomic E-state index is -0.807. The van der Waals surface area contributed by atoms with Gasteiger partial charge in [-0.1, -0.05) is 11.6 Å². The largest absolute Gasteiger partial charge is 0.269 e. The maximum Gasteiger partial charge on any atom is 0.269 e. The summed E-state index contributed by atoms with van der Waals surface area (Å²) in [6.45, 7) is 1.50. The Morgan fingerprint density at radius 3 is 2.29 bits per heavy atom. The van der Waals surface area contributed by atoms with E-state index in [1.807, 2.05) is 0 Å². The minimum Gasteiger partial charge on any atom is -0.258 e. The second kappa shape index (κ2) is 4.19. The Morgan fingerprint density at radius 2 is 1.93 bits per heavy atom. The molecule has 0 aliphatic rings. The molecule has 0 N–H and O–H groups in total. The monoisotopic (exact) mass is 215 g/mol. The fourth-order valence-corrected chi connectivity index (χ4v) is 1.05. The van der Waals surface area contributed by atoms with Crippen molar-refractivity contribution in [2.75, 3.05) is 0 Å². The van der Waals surface area contributed by atoms with Crippen LogP contribution >= 0.6 is 11.6 Å². The Labute approximate surface area is 85.0 Å².